The Bertz CT molecular complexity index is 1360. The predicted molar refractivity (Wildman–Crippen MR) is 123 cm³/mol. The molecule has 160 valence electrons. The van der Waals surface area contributed by atoms with Crippen molar-refractivity contribution < 1.29 is 19.1 Å². The molecule has 1 aliphatic carbocycles. The third-order valence-corrected chi connectivity index (χ3v) is 6.92. The van der Waals surface area contributed by atoms with Crippen LogP contribution in [0, 0.1) is 5.82 Å². The molecule has 0 fully saturated rings. The van der Waals surface area contributed by atoms with Crippen molar-refractivity contribution in [2.75, 3.05) is 5.32 Å². The number of aromatic carboxylic acids is 1. The first kappa shape index (κ1) is 20.3. The molecule has 2 aromatic heterocycles. The Balaban J connectivity index is 1.59. The molecule has 2 N–H and O–H groups in total. The third kappa shape index (κ3) is 3.65. The molecular weight excluding hydrogens is 427 g/mol. The summed E-state index contributed by atoms with van der Waals surface area (Å²) in [6.07, 6.45) is 3.53. The number of amides is 1. The summed E-state index contributed by atoms with van der Waals surface area (Å²) in [5.74, 6) is -1.77. The summed E-state index contributed by atoms with van der Waals surface area (Å²) in [5.41, 5.74) is 3.29. The first-order chi connectivity index (χ1) is 15.5. The van der Waals surface area contributed by atoms with E-state index in [1.54, 1.807) is 18.2 Å². The summed E-state index contributed by atoms with van der Waals surface area (Å²) in [7, 11) is 0. The minimum Gasteiger partial charge on any atom is -0.478 e. The number of anilines is 1. The second kappa shape index (κ2) is 8.16. The second-order valence-corrected chi connectivity index (χ2v) is 8.86. The standard InChI is InChI=1S/C25H19FN2O3S/c26-15-11-9-14(10-12-15)20-13-18(16-5-1-3-7-19(16)27-20)23(29)28-24-22(25(30)31)17-6-2-4-8-21(17)32-24/h1,3,5,7,9-13H,2,4,6,8H2,(H,28,29)(H,30,31). The van der Waals surface area contributed by atoms with Gasteiger partial charge in [-0.2, -0.15) is 0 Å². The van der Waals surface area contributed by atoms with Crippen molar-refractivity contribution in [1.82, 2.24) is 4.98 Å². The molecular formula is C25H19FN2O3S. The van der Waals surface area contributed by atoms with Crippen molar-refractivity contribution in [2.45, 2.75) is 25.7 Å². The van der Waals surface area contributed by atoms with E-state index < -0.39 is 11.9 Å². The van der Waals surface area contributed by atoms with Crippen LogP contribution in [0.1, 0.15) is 44.0 Å². The van der Waals surface area contributed by atoms with Gasteiger partial charge in [-0.15, -0.1) is 11.3 Å². The second-order valence-electron chi connectivity index (χ2n) is 7.75. The highest BCUT2D eigenvalue weighted by molar-refractivity contribution is 7.17. The molecule has 0 saturated carbocycles. The van der Waals surface area contributed by atoms with Crippen LogP contribution < -0.4 is 5.32 Å². The van der Waals surface area contributed by atoms with E-state index in [0.29, 0.717) is 32.7 Å². The smallest absolute Gasteiger partial charge is 0.339 e. The monoisotopic (exact) mass is 446 g/mol. The number of carbonyl (C=O) groups excluding carboxylic acids is 1. The number of carboxylic acid groups (broad SMARTS) is 1. The molecule has 0 bridgehead atoms. The molecule has 0 aliphatic heterocycles. The van der Waals surface area contributed by atoms with Gasteiger partial charge < -0.3 is 10.4 Å². The number of pyridine rings is 1. The van der Waals surface area contributed by atoms with E-state index in [1.165, 1.54) is 23.5 Å². The van der Waals surface area contributed by atoms with Gasteiger partial charge in [0.05, 0.1) is 22.3 Å². The van der Waals surface area contributed by atoms with Crippen LogP contribution in [0.4, 0.5) is 9.39 Å². The Morgan fingerprint density at radius 1 is 1.03 bits per heavy atom. The number of aryl methyl sites for hydroxylation is 1. The average molecular weight is 447 g/mol. The van der Waals surface area contributed by atoms with E-state index in [2.05, 4.69) is 10.3 Å². The quantitative estimate of drug-likeness (QED) is 0.407. The highest BCUT2D eigenvalue weighted by atomic mass is 32.1. The molecule has 5 nitrogen and oxygen atoms in total. The summed E-state index contributed by atoms with van der Waals surface area (Å²) < 4.78 is 13.4. The molecule has 2 aromatic carbocycles. The maximum absolute atomic E-state index is 13.4. The number of para-hydroxylation sites is 1. The molecule has 1 aliphatic rings. The molecule has 32 heavy (non-hydrogen) atoms. The number of carboxylic acids is 1. The van der Waals surface area contributed by atoms with Crippen LogP contribution in [0.2, 0.25) is 0 Å². The molecule has 7 heteroatoms. The molecule has 5 rings (SSSR count). The van der Waals surface area contributed by atoms with Gasteiger partial charge in [-0.05, 0) is 67.6 Å². The fourth-order valence-corrected chi connectivity index (χ4v) is 5.46. The molecule has 0 saturated heterocycles. The lowest BCUT2D eigenvalue weighted by molar-refractivity contribution is 0.0697. The fourth-order valence-electron chi connectivity index (χ4n) is 4.18. The molecule has 2 heterocycles. The van der Waals surface area contributed by atoms with Gasteiger partial charge in [0.25, 0.3) is 5.91 Å². The number of aromatic nitrogens is 1. The van der Waals surface area contributed by atoms with Crippen LogP contribution in [0.5, 0.6) is 0 Å². The number of benzene rings is 2. The minimum absolute atomic E-state index is 0.204. The fraction of sp³-hybridized carbons (Fsp3) is 0.160. The van der Waals surface area contributed by atoms with Crippen LogP contribution in [0.15, 0.2) is 54.6 Å². The SMILES string of the molecule is O=C(O)c1c(NC(=O)c2cc(-c3ccc(F)cc3)nc3ccccc23)sc2c1CCCC2. The van der Waals surface area contributed by atoms with E-state index >= 15 is 0 Å². The predicted octanol–water partition coefficient (Wildman–Crippen LogP) is 5.93. The van der Waals surface area contributed by atoms with Crippen LogP contribution in [-0.2, 0) is 12.8 Å². The van der Waals surface area contributed by atoms with Crippen molar-refractivity contribution >= 4 is 39.1 Å². The Morgan fingerprint density at radius 2 is 1.78 bits per heavy atom. The van der Waals surface area contributed by atoms with Gasteiger partial charge >= 0.3 is 5.97 Å². The Kier molecular flexibility index (Phi) is 5.19. The lowest BCUT2D eigenvalue weighted by Crippen LogP contribution is -2.15. The Morgan fingerprint density at radius 3 is 2.56 bits per heavy atom. The van der Waals surface area contributed by atoms with Gasteiger partial charge in [-0.1, -0.05) is 18.2 Å². The van der Waals surface area contributed by atoms with Gasteiger partial charge in [0.15, 0.2) is 0 Å². The number of fused-ring (bicyclic) bond motifs is 2. The van der Waals surface area contributed by atoms with Crippen LogP contribution in [0.25, 0.3) is 22.2 Å². The summed E-state index contributed by atoms with van der Waals surface area (Å²) in [5, 5.41) is 13.7. The van der Waals surface area contributed by atoms with Crippen molar-refractivity contribution in [3.8, 4) is 11.3 Å². The lowest BCUT2D eigenvalue weighted by atomic mass is 9.95. The van der Waals surface area contributed by atoms with E-state index in [9.17, 15) is 19.1 Å². The number of thiophene rings is 1. The minimum atomic E-state index is -1.02. The average Bonchev–Trinajstić information content (AvgIpc) is 3.16. The van der Waals surface area contributed by atoms with Crippen molar-refractivity contribution in [3.63, 3.8) is 0 Å². The van der Waals surface area contributed by atoms with Crippen molar-refractivity contribution in [2.24, 2.45) is 0 Å². The van der Waals surface area contributed by atoms with Crippen LogP contribution in [-0.4, -0.2) is 22.0 Å². The summed E-state index contributed by atoms with van der Waals surface area (Å²) in [4.78, 5) is 31.0. The first-order valence-corrected chi connectivity index (χ1v) is 11.2. The van der Waals surface area contributed by atoms with E-state index in [-0.39, 0.29) is 11.4 Å². The molecule has 0 atom stereocenters. The zero-order valence-electron chi connectivity index (χ0n) is 17.0. The van der Waals surface area contributed by atoms with Gasteiger partial charge in [0, 0.05) is 15.8 Å². The van der Waals surface area contributed by atoms with Gasteiger partial charge in [-0.3, -0.25) is 4.79 Å². The maximum atomic E-state index is 13.4. The summed E-state index contributed by atoms with van der Waals surface area (Å²) in [6.45, 7) is 0. The van der Waals surface area contributed by atoms with Gasteiger partial charge in [0.2, 0.25) is 0 Å². The lowest BCUT2D eigenvalue weighted by Gasteiger charge is -2.11. The topological polar surface area (TPSA) is 79.3 Å². The van der Waals surface area contributed by atoms with E-state index in [1.807, 2.05) is 24.3 Å². The molecule has 0 radical (unpaired) electrons. The molecule has 0 unspecified atom stereocenters. The number of nitrogens with one attached hydrogen (secondary N) is 1. The van der Waals surface area contributed by atoms with E-state index in [4.69, 9.17) is 0 Å². The number of carbonyl (C=O) groups is 2. The highest BCUT2D eigenvalue weighted by Crippen LogP contribution is 2.38. The Labute approximate surface area is 187 Å². The highest BCUT2D eigenvalue weighted by Gasteiger charge is 2.26. The van der Waals surface area contributed by atoms with Crippen LogP contribution >= 0.6 is 11.3 Å². The summed E-state index contributed by atoms with van der Waals surface area (Å²) >= 11 is 1.35. The zero-order valence-corrected chi connectivity index (χ0v) is 17.8. The number of hydrogen-bond acceptors (Lipinski definition) is 4. The van der Waals surface area contributed by atoms with E-state index in [0.717, 1.165) is 36.1 Å². The third-order valence-electron chi connectivity index (χ3n) is 5.71. The van der Waals surface area contributed by atoms with Crippen molar-refractivity contribution in [1.29, 1.82) is 0 Å². The van der Waals surface area contributed by atoms with Gasteiger partial charge in [0.1, 0.15) is 10.8 Å². The van der Waals surface area contributed by atoms with Gasteiger partial charge in [-0.25, -0.2) is 14.2 Å². The Hall–Kier alpha value is -3.58. The number of nitrogens with zero attached hydrogens (tertiary/aromatic N) is 1. The first-order valence-electron chi connectivity index (χ1n) is 10.4. The number of rotatable bonds is 4. The largest absolute Gasteiger partial charge is 0.478 e. The van der Waals surface area contributed by atoms with Crippen LogP contribution in [0.3, 0.4) is 0 Å². The number of hydrogen-bond donors (Lipinski definition) is 2. The zero-order chi connectivity index (χ0) is 22.2. The molecule has 0 spiro atoms. The maximum Gasteiger partial charge on any atom is 0.339 e. The molecule has 1 amide bonds. The molecule has 4 aromatic rings. The number of halogens is 1. The summed E-state index contributed by atoms with van der Waals surface area (Å²) in [6, 6.07) is 14.9. The van der Waals surface area contributed by atoms with Crippen molar-refractivity contribution in [3.05, 3.63) is 82.0 Å². The normalized spacial score (nSPS) is 13.0.